The van der Waals surface area contributed by atoms with Crippen molar-refractivity contribution in [3.8, 4) is 11.1 Å². The quantitative estimate of drug-likeness (QED) is 0.224. The van der Waals surface area contributed by atoms with Crippen LogP contribution in [0.1, 0.15) is 74.7 Å². The maximum absolute atomic E-state index is 14.6. The minimum atomic E-state index is -1.17. The number of likely N-dealkylation sites (N-methyl/N-ethyl adjacent to an activating group) is 1. The highest BCUT2D eigenvalue weighted by Gasteiger charge is 2.60. The van der Waals surface area contributed by atoms with Gasteiger partial charge in [-0.15, -0.1) is 0 Å². The van der Waals surface area contributed by atoms with Gasteiger partial charge in [-0.2, -0.15) is 0 Å². The number of carbonyl (C=O) groups is 3. The maximum atomic E-state index is 14.6. The molecule has 356 valence electrons. The number of cyclic esters (lactones) is 1. The van der Waals surface area contributed by atoms with Crippen LogP contribution in [0.25, 0.3) is 11.1 Å². The van der Waals surface area contributed by atoms with Crippen molar-refractivity contribution in [1.29, 1.82) is 0 Å². The van der Waals surface area contributed by atoms with Gasteiger partial charge in [0.05, 0.1) is 55.6 Å². The SMILES string of the molecule is CC[C@H]1OC(=O)[C@H](C)[C@H]2OC/C(=N\OCC(=O)Nc3ccccc3-c3ccccc3)CO[C@](C)(C[C@@H](C)C3=NCCN4C(=O)O[C@@]1(C)[C@H]4[C@H]3C)[C@H](O[C@H]1O[C@@H](C)C[C@@H](N(C)C)[C@@H]1O)[C@H]2C. The number of nitrogens with one attached hydrogen (secondary N) is 1. The lowest BCUT2D eigenvalue weighted by molar-refractivity contribution is -0.302. The molecule has 0 aromatic heterocycles. The van der Waals surface area contributed by atoms with Crippen LogP contribution in [-0.4, -0.2) is 151 Å². The fraction of sp³-hybridized carbons (Fsp3) is 0.653. The van der Waals surface area contributed by atoms with E-state index in [4.69, 9.17) is 38.3 Å². The third-order valence-corrected chi connectivity index (χ3v) is 14.2. The van der Waals surface area contributed by atoms with Crippen LogP contribution in [-0.2, 0) is 42.8 Å². The molecule has 7 rings (SSSR count). The van der Waals surface area contributed by atoms with Gasteiger partial charge in [0.15, 0.2) is 18.5 Å². The molecule has 4 fully saturated rings. The van der Waals surface area contributed by atoms with Gasteiger partial charge in [0.2, 0.25) is 0 Å². The number of benzene rings is 2. The Bertz CT molecular complexity index is 2070. The molecule has 0 saturated carbocycles. The topological polar surface area (TPSA) is 179 Å². The van der Waals surface area contributed by atoms with Crippen LogP contribution in [0.4, 0.5) is 10.5 Å². The van der Waals surface area contributed by atoms with Crippen molar-refractivity contribution in [3.05, 3.63) is 54.6 Å². The van der Waals surface area contributed by atoms with Crippen molar-refractivity contribution in [2.45, 2.75) is 135 Å². The monoisotopic (exact) mass is 903 g/mol. The Balaban J connectivity index is 1.24. The second-order valence-electron chi connectivity index (χ2n) is 19.3. The standard InChI is InChI=1S/C49H69N5O11/c1-11-38-49(8)43-30(4)40(50-21-22-54(43)47(58)65-49)28(2)24-48(7)44(64-46-41(56)37(53(9)10)23-29(3)62-46)31(5)42(32(6)45(57)63-38)59-25-34(26-60-48)52-61-27-39(55)51-36-20-16-15-19-35(36)33-17-13-12-14-18-33/h12-20,28-32,37-38,41-44,46,56H,11,21-27H2,1-10H3,(H,51,55)/b52-34+/t28-,29+,30+,31+,32-,37-,38-,41+,42+,43-,44-,46-,48-,49-/m1/s1. The second kappa shape index (κ2) is 20.2. The van der Waals surface area contributed by atoms with Crippen LogP contribution in [0.15, 0.2) is 64.7 Å². The van der Waals surface area contributed by atoms with Gasteiger partial charge in [-0.25, -0.2) is 4.79 Å². The fourth-order valence-corrected chi connectivity index (χ4v) is 11.0. The first kappa shape index (κ1) is 48.5. The molecule has 2 aromatic carbocycles. The summed E-state index contributed by atoms with van der Waals surface area (Å²) in [6, 6.07) is 16.6. The smallest absolute Gasteiger partial charge is 0.410 e. The van der Waals surface area contributed by atoms with Crippen molar-refractivity contribution >= 4 is 35.1 Å². The Morgan fingerprint density at radius 2 is 1.74 bits per heavy atom. The molecule has 5 heterocycles. The largest absolute Gasteiger partial charge is 0.458 e. The number of ether oxygens (including phenoxy) is 6. The van der Waals surface area contributed by atoms with E-state index >= 15 is 0 Å². The number of para-hydroxylation sites is 1. The predicted molar refractivity (Wildman–Crippen MR) is 244 cm³/mol. The van der Waals surface area contributed by atoms with Gasteiger partial charge in [0.1, 0.15) is 17.9 Å². The zero-order chi connectivity index (χ0) is 46.8. The molecular formula is C49H69N5O11. The Hall–Kier alpha value is -4.45. The summed E-state index contributed by atoms with van der Waals surface area (Å²) in [4.78, 5) is 56.1. The number of anilines is 1. The molecule has 0 unspecified atom stereocenters. The summed E-state index contributed by atoms with van der Waals surface area (Å²) in [6.45, 7) is 15.7. The van der Waals surface area contributed by atoms with Crippen LogP contribution < -0.4 is 5.32 Å². The second-order valence-corrected chi connectivity index (χ2v) is 19.3. The first-order valence-electron chi connectivity index (χ1n) is 23.2. The third-order valence-electron chi connectivity index (χ3n) is 14.2. The van der Waals surface area contributed by atoms with E-state index in [2.05, 4.69) is 24.3 Å². The molecule has 14 atom stereocenters. The van der Waals surface area contributed by atoms with E-state index < -0.39 is 84.4 Å². The van der Waals surface area contributed by atoms with E-state index in [-0.39, 0.29) is 37.2 Å². The van der Waals surface area contributed by atoms with E-state index in [0.717, 1.165) is 16.8 Å². The summed E-state index contributed by atoms with van der Waals surface area (Å²) in [5.41, 5.74) is 1.34. The lowest BCUT2D eigenvalue weighted by atomic mass is 9.72. The zero-order valence-electron chi connectivity index (χ0n) is 39.6. The molecular weight excluding hydrogens is 835 g/mol. The van der Waals surface area contributed by atoms with Crippen molar-refractivity contribution in [2.75, 3.05) is 52.3 Å². The van der Waals surface area contributed by atoms with Crippen molar-refractivity contribution in [2.24, 2.45) is 33.8 Å². The Morgan fingerprint density at radius 3 is 2.46 bits per heavy atom. The van der Waals surface area contributed by atoms with Crippen LogP contribution >= 0.6 is 0 Å². The highest BCUT2D eigenvalue weighted by atomic mass is 16.7. The lowest BCUT2D eigenvalue weighted by Gasteiger charge is -2.48. The van der Waals surface area contributed by atoms with E-state index in [1.807, 2.05) is 108 Å². The lowest BCUT2D eigenvalue weighted by Crippen LogP contribution is -2.60. The first-order valence-corrected chi connectivity index (χ1v) is 23.2. The van der Waals surface area contributed by atoms with Crippen LogP contribution in [0.5, 0.6) is 0 Å². The van der Waals surface area contributed by atoms with Crippen LogP contribution in [0.3, 0.4) is 0 Å². The average molecular weight is 904 g/mol. The molecule has 2 amide bonds. The van der Waals surface area contributed by atoms with E-state index in [0.29, 0.717) is 43.8 Å². The molecule has 0 radical (unpaired) electrons. The van der Waals surface area contributed by atoms with Gasteiger partial charge >= 0.3 is 12.1 Å². The molecule has 4 saturated heterocycles. The first-order chi connectivity index (χ1) is 30.9. The van der Waals surface area contributed by atoms with E-state index in [1.165, 1.54) is 0 Å². The predicted octanol–water partition coefficient (Wildman–Crippen LogP) is 5.95. The molecule has 0 aliphatic carbocycles. The number of esters is 1. The molecule has 16 nitrogen and oxygen atoms in total. The molecule has 4 bridgehead atoms. The number of oxime groups is 1. The molecule has 16 heteroatoms. The third kappa shape index (κ3) is 10.1. The summed E-state index contributed by atoms with van der Waals surface area (Å²) in [5.74, 6) is -2.91. The number of aliphatic imine (C=N–C) groups is 1. The zero-order valence-corrected chi connectivity index (χ0v) is 39.6. The summed E-state index contributed by atoms with van der Waals surface area (Å²) >= 11 is 0. The molecule has 5 aliphatic rings. The highest BCUT2D eigenvalue weighted by Crippen LogP contribution is 2.45. The molecule has 0 spiro atoms. The van der Waals surface area contributed by atoms with Gasteiger partial charge in [-0.3, -0.25) is 19.5 Å². The van der Waals surface area contributed by atoms with Crippen molar-refractivity contribution in [1.82, 2.24) is 9.80 Å². The molecule has 65 heavy (non-hydrogen) atoms. The minimum absolute atomic E-state index is 0.0820. The number of hydrogen-bond donors (Lipinski definition) is 2. The number of aliphatic hydroxyl groups is 1. The van der Waals surface area contributed by atoms with Crippen molar-refractivity contribution < 1.29 is 52.7 Å². The normalized spacial score (nSPS) is 37.5. The van der Waals surface area contributed by atoms with E-state index in [1.54, 1.807) is 11.8 Å². The number of fused-ring (bicyclic) bond motifs is 4. The summed E-state index contributed by atoms with van der Waals surface area (Å²) in [7, 11) is 3.84. The Labute approximate surface area is 383 Å². The number of amides is 2. The van der Waals surface area contributed by atoms with Gasteiger partial charge in [0.25, 0.3) is 5.91 Å². The number of aliphatic hydroxyl groups excluding tert-OH is 1. The highest BCUT2D eigenvalue weighted by molar-refractivity contribution is 5.96. The van der Waals surface area contributed by atoms with Crippen LogP contribution in [0.2, 0.25) is 0 Å². The van der Waals surface area contributed by atoms with Gasteiger partial charge in [0, 0.05) is 41.4 Å². The maximum Gasteiger partial charge on any atom is 0.410 e. The molecule has 5 aliphatic heterocycles. The van der Waals surface area contributed by atoms with Gasteiger partial charge in [-0.05, 0) is 78.6 Å². The number of carbonyl (C=O) groups excluding carboxylic acids is 3. The van der Waals surface area contributed by atoms with Gasteiger partial charge in [-0.1, -0.05) is 81.4 Å². The minimum Gasteiger partial charge on any atom is -0.458 e. The number of hydrogen-bond acceptors (Lipinski definition) is 14. The molecule has 2 aromatic rings. The summed E-state index contributed by atoms with van der Waals surface area (Å²) < 4.78 is 39.8. The average Bonchev–Trinajstić information content (AvgIpc) is 3.42. The summed E-state index contributed by atoms with van der Waals surface area (Å²) in [6.07, 6.45) is -3.84. The van der Waals surface area contributed by atoms with Crippen molar-refractivity contribution in [3.63, 3.8) is 0 Å². The fourth-order valence-electron chi connectivity index (χ4n) is 11.0. The van der Waals surface area contributed by atoms with Crippen LogP contribution in [0, 0.1) is 23.7 Å². The summed E-state index contributed by atoms with van der Waals surface area (Å²) in [5, 5.41) is 19.2. The number of nitrogens with zero attached hydrogens (tertiary/aromatic N) is 4. The van der Waals surface area contributed by atoms with Gasteiger partial charge < -0.3 is 48.6 Å². The van der Waals surface area contributed by atoms with E-state index in [9.17, 15) is 19.5 Å². The number of rotatable bonds is 9. The molecule has 2 N–H and O–H groups in total. The Kier molecular flexibility index (Phi) is 15.1. The Morgan fingerprint density at radius 1 is 1.02 bits per heavy atom.